The molecule has 0 spiro atoms. The van der Waals surface area contributed by atoms with E-state index in [4.69, 9.17) is 5.73 Å². The highest BCUT2D eigenvalue weighted by atomic mass is 15.2. The summed E-state index contributed by atoms with van der Waals surface area (Å²) in [5.74, 6) is 0. The standard InChI is InChI=1S/C15H30N4/c1-5-7-18(12-15(3,4)11-16)10-14-9-17-13-19(14)8-6-2/h9,13H,5-8,10-12,16H2,1-4H3. The first kappa shape index (κ1) is 16.2. The van der Waals surface area contributed by atoms with Crippen LogP contribution in [0, 0.1) is 5.41 Å². The van der Waals surface area contributed by atoms with E-state index < -0.39 is 0 Å². The molecule has 0 amide bonds. The summed E-state index contributed by atoms with van der Waals surface area (Å²) in [6, 6.07) is 0. The number of hydrogen-bond acceptors (Lipinski definition) is 3. The number of nitrogens with two attached hydrogens (primary N) is 1. The molecule has 0 radical (unpaired) electrons. The summed E-state index contributed by atoms with van der Waals surface area (Å²) in [6.07, 6.45) is 6.25. The molecule has 0 aliphatic rings. The van der Waals surface area contributed by atoms with Gasteiger partial charge in [-0.25, -0.2) is 4.98 Å². The van der Waals surface area contributed by atoms with Crippen molar-refractivity contribution in [2.75, 3.05) is 19.6 Å². The van der Waals surface area contributed by atoms with E-state index in [1.54, 1.807) is 0 Å². The van der Waals surface area contributed by atoms with Crippen molar-refractivity contribution >= 4 is 0 Å². The zero-order valence-electron chi connectivity index (χ0n) is 13.0. The summed E-state index contributed by atoms with van der Waals surface area (Å²) < 4.78 is 2.26. The molecular formula is C15H30N4. The van der Waals surface area contributed by atoms with Gasteiger partial charge in [-0.3, -0.25) is 4.90 Å². The normalized spacial score (nSPS) is 12.3. The second-order valence-electron chi connectivity index (χ2n) is 6.16. The molecule has 19 heavy (non-hydrogen) atoms. The predicted octanol–water partition coefficient (Wildman–Crippen LogP) is 2.49. The van der Waals surface area contributed by atoms with Gasteiger partial charge in [-0.05, 0) is 31.3 Å². The van der Waals surface area contributed by atoms with Gasteiger partial charge in [0, 0.05) is 25.8 Å². The van der Waals surface area contributed by atoms with Gasteiger partial charge in [0.05, 0.1) is 12.0 Å². The molecule has 1 rings (SSSR count). The zero-order chi connectivity index (χ0) is 14.3. The van der Waals surface area contributed by atoms with E-state index >= 15 is 0 Å². The highest BCUT2D eigenvalue weighted by Crippen LogP contribution is 2.17. The lowest BCUT2D eigenvalue weighted by molar-refractivity contribution is 0.172. The van der Waals surface area contributed by atoms with E-state index in [2.05, 4.69) is 42.1 Å². The Kier molecular flexibility index (Phi) is 6.52. The van der Waals surface area contributed by atoms with Gasteiger partial charge < -0.3 is 10.3 Å². The van der Waals surface area contributed by atoms with Crippen LogP contribution in [0.15, 0.2) is 12.5 Å². The highest BCUT2D eigenvalue weighted by Gasteiger charge is 2.20. The SMILES string of the molecule is CCCN(Cc1cncn1CCC)CC(C)(C)CN. The molecule has 2 N–H and O–H groups in total. The summed E-state index contributed by atoms with van der Waals surface area (Å²) >= 11 is 0. The molecule has 0 saturated carbocycles. The van der Waals surface area contributed by atoms with Gasteiger partial charge in [0.15, 0.2) is 0 Å². The topological polar surface area (TPSA) is 47.1 Å². The van der Waals surface area contributed by atoms with Crippen LogP contribution in [0.25, 0.3) is 0 Å². The third kappa shape index (κ3) is 5.33. The highest BCUT2D eigenvalue weighted by molar-refractivity contribution is 4.98. The Labute approximate surface area is 118 Å². The van der Waals surface area contributed by atoms with Crippen molar-refractivity contribution in [2.45, 2.75) is 53.6 Å². The number of aromatic nitrogens is 2. The summed E-state index contributed by atoms with van der Waals surface area (Å²) in [4.78, 5) is 6.78. The van der Waals surface area contributed by atoms with Crippen molar-refractivity contribution in [3.05, 3.63) is 18.2 Å². The van der Waals surface area contributed by atoms with E-state index in [0.29, 0.717) is 0 Å². The molecule has 0 atom stereocenters. The number of imidazole rings is 1. The van der Waals surface area contributed by atoms with Gasteiger partial charge in [-0.1, -0.05) is 27.7 Å². The maximum atomic E-state index is 5.86. The summed E-state index contributed by atoms with van der Waals surface area (Å²) in [5.41, 5.74) is 7.34. The first-order valence-corrected chi connectivity index (χ1v) is 7.43. The maximum absolute atomic E-state index is 5.86. The van der Waals surface area contributed by atoms with Crippen molar-refractivity contribution in [2.24, 2.45) is 11.1 Å². The minimum atomic E-state index is 0.171. The Bertz CT molecular complexity index is 357. The fourth-order valence-electron chi connectivity index (χ4n) is 2.35. The van der Waals surface area contributed by atoms with Crippen molar-refractivity contribution in [1.82, 2.24) is 14.5 Å². The first-order chi connectivity index (χ1) is 9.02. The third-order valence-electron chi connectivity index (χ3n) is 3.39. The van der Waals surface area contributed by atoms with Crippen LogP contribution in [-0.2, 0) is 13.1 Å². The predicted molar refractivity (Wildman–Crippen MR) is 80.9 cm³/mol. The fourth-order valence-corrected chi connectivity index (χ4v) is 2.35. The van der Waals surface area contributed by atoms with Crippen molar-refractivity contribution in [3.8, 4) is 0 Å². The van der Waals surface area contributed by atoms with Crippen LogP contribution in [0.3, 0.4) is 0 Å². The fraction of sp³-hybridized carbons (Fsp3) is 0.800. The Balaban J connectivity index is 2.69. The molecule has 110 valence electrons. The Morgan fingerprint density at radius 1 is 1.32 bits per heavy atom. The number of aryl methyl sites for hydroxylation is 1. The zero-order valence-corrected chi connectivity index (χ0v) is 13.0. The third-order valence-corrected chi connectivity index (χ3v) is 3.39. The van der Waals surface area contributed by atoms with E-state index in [9.17, 15) is 0 Å². The smallest absolute Gasteiger partial charge is 0.0948 e. The van der Waals surface area contributed by atoms with Gasteiger partial charge in [0.2, 0.25) is 0 Å². The molecular weight excluding hydrogens is 236 g/mol. The van der Waals surface area contributed by atoms with Crippen LogP contribution in [-0.4, -0.2) is 34.1 Å². The summed E-state index contributed by atoms with van der Waals surface area (Å²) in [5, 5.41) is 0. The van der Waals surface area contributed by atoms with E-state index in [1.165, 1.54) is 12.1 Å². The van der Waals surface area contributed by atoms with Crippen LogP contribution in [0.4, 0.5) is 0 Å². The molecule has 0 aliphatic carbocycles. The Hall–Kier alpha value is -0.870. The van der Waals surface area contributed by atoms with E-state index in [-0.39, 0.29) is 5.41 Å². The first-order valence-electron chi connectivity index (χ1n) is 7.43. The summed E-state index contributed by atoms with van der Waals surface area (Å²) in [6.45, 7) is 13.8. The Morgan fingerprint density at radius 2 is 2.05 bits per heavy atom. The lowest BCUT2D eigenvalue weighted by Gasteiger charge is -2.31. The van der Waals surface area contributed by atoms with Crippen LogP contribution in [0.5, 0.6) is 0 Å². The summed E-state index contributed by atoms with van der Waals surface area (Å²) in [7, 11) is 0. The molecule has 1 aromatic heterocycles. The van der Waals surface area contributed by atoms with Crippen LogP contribution in [0.2, 0.25) is 0 Å². The maximum Gasteiger partial charge on any atom is 0.0948 e. The van der Waals surface area contributed by atoms with Gasteiger partial charge in [0.1, 0.15) is 0 Å². The van der Waals surface area contributed by atoms with Crippen LogP contribution < -0.4 is 5.73 Å². The van der Waals surface area contributed by atoms with Crippen molar-refractivity contribution in [1.29, 1.82) is 0 Å². The second-order valence-corrected chi connectivity index (χ2v) is 6.16. The Morgan fingerprint density at radius 3 is 2.63 bits per heavy atom. The molecule has 1 aromatic rings. The van der Waals surface area contributed by atoms with Gasteiger partial charge >= 0.3 is 0 Å². The number of rotatable bonds is 9. The molecule has 0 fully saturated rings. The average molecular weight is 266 g/mol. The molecule has 0 unspecified atom stereocenters. The second kappa shape index (κ2) is 7.65. The largest absolute Gasteiger partial charge is 0.333 e. The van der Waals surface area contributed by atoms with Gasteiger partial charge in [-0.2, -0.15) is 0 Å². The number of nitrogens with zero attached hydrogens (tertiary/aromatic N) is 3. The van der Waals surface area contributed by atoms with Crippen molar-refractivity contribution < 1.29 is 0 Å². The van der Waals surface area contributed by atoms with Crippen molar-refractivity contribution in [3.63, 3.8) is 0 Å². The van der Waals surface area contributed by atoms with Gasteiger partial charge in [-0.15, -0.1) is 0 Å². The van der Waals surface area contributed by atoms with Crippen LogP contribution >= 0.6 is 0 Å². The number of hydrogen-bond donors (Lipinski definition) is 1. The van der Waals surface area contributed by atoms with Crippen LogP contribution in [0.1, 0.15) is 46.2 Å². The molecule has 4 nitrogen and oxygen atoms in total. The minimum absolute atomic E-state index is 0.171. The van der Waals surface area contributed by atoms with E-state index in [0.717, 1.165) is 39.1 Å². The molecule has 1 heterocycles. The molecule has 0 saturated heterocycles. The molecule has 0 aliphatic heterocycles. The lowest BCUT2D eigenvalue weighted by Crippen LogP contribution is -2.39. The van der Waals surface area contributed by atoms with E-state index in [1.807, 2.05) is 12.5 Å². The lowest BCUT2D eigenvalue weighted by atomic mass is 9.93. The average Bonchev–Trinajstić information content (AvgIpc) is 2.77. The molecule has 0 aromatic carbocycles. The quantitative estimate of drug-likeness (QED) is 0.747. The minimum Gasteiger partial charge on any atom is -0.333 e. The molecule has 0 bridgehead atoms. The molecule has 4 heteroatoms. The monoisotopic (exact) mass is 266 g/mol. The van der Waals surface area contributed by atoms with Gasteiger partial charge in [0.25, 0.3) is 0 Å².